The Morgan fingerprint density at radius 3 is 2.34 bits per heavy atom. The van der Waals surface area contributed by atoms with Crippen molar-refractivity contribution in [3.63, 3.8) is 0 Å². The number of imide groups is 1. The van der Waals surface area contributed by atoms with Crippen LogP contribution in [0.25, 0.3) is 0 Å². The van der Waals surface area contributed by atoms with Gasteiger partial charge >= 0.3 is 6.18 Å². The first-order chi connectivity index (χ1) is 17.9. The predicted octanol–water partition coefficient (Wildman–Crippen LogP) is 4.01. The van der Waals surface area contributed by atoms with E-state index in [9.17, 15) is 36.4 Å². The van der Waals surface area contributed by atoms with Crippen LogP contribution in [0.2, 0.25) is 5.02 Å². The van der Waals surface area contributed by atoms with E-state index < -0.39 is 55.6 Å². The summed E-state index contributed by atoms with van der Waals surface area (Å²) >= 11 is 6.09. The average molecular weight is 566 g/mol. The number of rotatable bonds is 6. The fourth-order valence-electron chi connectivity index (χ4n) is 5.11. The number of benzene rings is 2. The number of nitrogens with one attached hydrogen (secondary N) is 1. The maximum absolute atomic E-state index is 13.9. The van der Waals surface area contributed by atoms with Gasteiger partial charge in [0.05, 0.1) is 38.3 Å². The normalized spacial score (nSPS) is 23.3. The van der Waals surface area contributed by atoms with E-state index in [-0.39, 0.29) is 54.1 Å². The molecule has 38 heavy (non-hydrogen) atoms. The molecule has 1 heterocycles. The summed E-state index contributed by atoms with van der Waals surface area (Å²) in [7, 11) is -3.91. The van der Waals surface area contributed by atoms with E-state index in [0.29, 0.717) is 0 Å². The van der Waals surface area contributed by atoms with Gasteiger partial charge in [0.25, 0.3) is 0 Å². The van der Waals surface area contributed by atoms with Gasteiger partial charge in [0.2, 0.25) is 11.8 Å². The number of amides is 2. The summed E-state index contributed by atoms with van der Waals surface area (Å²) in [6.45, 7) is -0.0652. The minimum Gasteiger partial charge on any atom is -0.304 e. The Bertz CT molecular complexity index is 1460. The monoisotopic (exact) mass is 565 g/mol. The van der Waals surface area contributed by atoms with Gasteiger partial charge in [0, 0.05) is 6.54 Å². The van der Waals surface area contributed by atoms with E-state index in [1.54, 1.807) is 6.07 Å². The lowest BCUT2D eigenvalue weighted by Gasteiger charge is -2.32. The first kappa shape index (κ1) is 26.7. The molecule has 2 aromatic carbocycles. The highest BCUT2D eigenvalue weighted by Crippen LogP contribution is 2.54. The van der Waals surface area contributed by atoms with E-state index >= 15 is 0 Å². The molecular weight excluding hydrogens is 543 g/mol. The van der Waals surface area contributed by atoms with Crippen LogP contribution in [-0.4, -0.2) is 48.5 Å². The molecular formula is C26H23ClF3N3O4S. The summed E-state index contributed by atoms with van der Waals surface area (Å²) < 4.78 is 66.4. The van der Waals surface area contributed by atoms with Crippen LogP contribution in [0.3, 0.4) is 0 Å². The summed E-state index contributed by atoms with van der Waals surface area (Å²) in [6.07, 6.45) is -3.79. The molecule has 1 N–H and O–H groups in total. The van der Waals surface area contributed by atoms with Crippen LogP contribution < -0.4 is 5.32 Å². The van der Waals surface area contributed by atoms with Gasteiger partial charge in [-0.3, -0.25) is 14.5 Å². The Labute approximate surface area is 222 Å². The van der Waals surface area contributed by atoms with Gasteiger partial charge in [-0.2, -0.15) is 18.4 Å². The molecule has 0 aromatic heterocycles. The fraction of sp³-hybridized carbons (Fsp3) is 0.423. The third kappa shape index (κ3) is 4.38. The number of hydrogen-bond donors (Lipinski definition) is 1. The number of hydrogen-bond acceptors (Lipinski definition) is 6. The molecule has 3 aliphatic rings. The molecule has 0 radical (unpaired) electrons. The van der Waals surface area contributed by atoms with Crippen molar-refractivity contribution in [3.8, 4) is 6.07 Å². The average Bonchev–Trinajstić information content (AvgIpc) is 3.80. The standard InChI is InChI=1S/C26H23ClF3N3O4S/c27-19-6-1-2-7-21(19)38(36,37)18-13-20(32-14-18)22(34)33(24(15-31)8-9-24)23(35)25(10-11-25)16-4-3-5-17(12-16)26(28,29)30/h1-7,12,18,20,32H,8-11,13-14H2/t18-,20+/m1/s1. The van der Waals surface area contributed by atoms with Crippen molar-refractivity contribution in [2.24, 2.45) is 0 Å². The summed E-state index contributed by atoms with van der Waals surface area (Å²) in [6, 6.07) is 11.4. The molecule has 5 rings (SSSR count). The van der Waals surface area contributed by atoms with Crippen molar-refractivity contribution in [2.45, 2.75) is 65.4 Å². The minimum atomic E-state index is -4.61. The third-order valence-corrected chi connectivity index (χ3v) is 10.3. The maximum Gasteiger partial charge on any atom is 0.416 e. The van der Waals surface area contributed by atoms with Gasteiger partial charge in [-0.15, -0.1) is 0 Å². The molecule has 2 aromatic rings. The van der Waals surface area contributed by atoms with Crippen molar-refractivity contribution < 1.29 is 31.2 Å². The second-order valence-corrected chi connectivity index (χ2v) is 12.7. The predicted molar refractivity (Wildman–Crippen MR) is 131 cm³/mol. The van der Waals surface area contributed by atoms with Crippen molar-refractivity contribution in [2.75, 3.05) is 6.54 Å². The van der Waals surface area contributed by atoms with Crippen molar-refractivity contribution in [1.82, 2.24) is 10.2 Å². The van der Waals surface area contributed by atoms with Gasteiger partial charge in [0.1, 0.15) is 5.54 Å². The van der Waals surface area contributed by atoms with E-state index in [0.717, 1.165) is 17.0 Å². The van der Waals surface area contributed by atoms with E-state index in [4.69, 9.17) is 11.6 Å². The fourth-order valence-corrected chi connectivity index (χ4v) is 7.29. The largest absolute Gasteiger partial charge is 0.416 e. The molecule has 1 aliphatic heterocycles. The Balaban J connectivity index is 1.43. The zero-order chi connectivity index (χ0) is 27.5. The molecule has 0 bridgehead atoms. The Morgan fingerprint density at radius 1 is 1.08 bits per heavy atom. The Morgan fingerprint density at radius 2 is 1.76 bits per heavy atom. The summed E-state index contributed by atoms with van der Waals surface area (Å²) in [5, 5.41) is 11.8. The number of nitriles is 1. The van der Waals surface area contributed by atoms with Crippen molar-refractivity contribution >= 4 is 33.3 Å². The van der Waals surface area contributed by atoms with Gasteiger partial charge in [-0.05, 0) is 55.9 Å². The number of carbonyl (C=O) groups is 2. The molecule has 12 heteroatoms. The highest BCUT2D eigenvalue weighted by molar-refractivity contribution is 7.92. The minimum absolute atomic E-state index is 0.0530. The van der Waals surface area contributed by atoms with Crippen molar-refractivity contribution in [1.29, 1.82) is 5.26 Å². The molecule has 2 amide bonds. The second kappa shape index (κ2) is 9.07. The topological polar surface area (TPSA) is 107 Å². The summed E-state index contributed by atoms with van der Waals surface area (Å²) in [5.74, 6) is -1.47. The van der Waals surface area contributed by atoms with E-state index in [2.05, 4.69) is 5.32 Å². The van der Waals surface area contributed by atoms with Crippen LogP contribution in [0.4, 0.5) is 13.2 Å². The number of nitrogens with zero attached hydrogens (tertiary/aromatic N) is 2. The molecule has 0 unspecified atom stereocenters. The molecule has 2 aliphatic carbocycles. The van der Waals surface area contributed by atoms with Crippen LogP contribution in [0, 0.1) is 11.3 Å². The summed E-state index contributed by atoms with van der Waals surface area (Å²) in [4.78, 5) is 28.4. The second-order valence-electron chi connectivity index (χ2n) is 10.1. The van der Waals surface area contributed by atoms with Crippen LogP contribution in [0.1, 0.15) is 43.2 Å². The smallest absolute Gasteiger partial charge is 0.304 e. The SMILES string of the molecule is N#CC1(N(C(=O)[C@@H]2C[C@@H](S(=O)(=O)c3ccccc3Cl)CN2)C(=O)C2(c3cccc(C(F)(F)F)c3)CC2)CC1. The van der Waals surface area contributed by atoms with Crippen molar-refractivity contribution in [3.05, 3.63) is 64.7 Å². The van der Waals surface area contributed by atoms with Gasteiger partial charge in [-0.1, -0.05) is 41.9 Å². The molecule has 1 saturated heterocycles. The van der Waals surface area contributed by atoms with Gasteiger partial charge in [-0.25, -0.2) is 8.42 Å². The van der Waals surface area contributed by atoms with Crippen LogP contribution >= 0.6 is 11.6 Å². The molecule has 0 spiro atoms. The Hall–Kier alpha value is -2.94. The Kier molecular flexibility index (Phi) is 6.36. The number of sulfone groups is 1. The lowest BCUT2D eigenvalue weighted by atomic mass is 9.91. The van der Waals surface area contributed by atoms with Crippen LogP contribution in [-0.2, 0) is 31.0 Å². The maximum atomic E-state index is 13.9. The first-order valence-electron chi connectivity index (χ1n) is 12.1. The number of carbonyl (C=O) groups excluding carboxylic acids is 2. The van der Waals surface area contributed by atoms with Crippen LogP contribution in [0.15, 0.2) is 53.4 Å². The highest BCUT2D eigenvalue weighted by atomic mass is 35.5. The summed E-state index contributed by atoms with van der Waals surface area (Å²) in [5.41, 5.74) is -3.50. The molecule has 200 valence electrons. The number of halogens is 4. The quantitative estimate of drug-likeness (QED) is 0.531. The zero-order valence-corrected chi connectivity index (χ0v) is 21.5. The lowest BCUT2D eigenvalue weighted by Crippen LogP contribution is -2.55. The van der Waals surface area contributed by atoms with Gasteiger partial charge in [0.15, 0.2) is 9.84 Å². The molecule has 2 saturated carbocycles. The number of alkyl halides is 3. The zero-order valence-electron chi connectivity index (χ0n) is 20.0. The van der Waals surface area contributed by atoms with Gasteiger partial charge < -0.3 is 5.32 Å². The van der Waals surface area contributed by atoms with E-state index in [1.165, 1.54) is 30.3 Å². The molecule has 3 fully saturated rings. The lowest BCUT2D eigenvalue weighted by molar-refractivity contribution is -0.150. The van der Waals surface area contributed by atoms with Crippen LogP contribution in [0.5, 0.6) is 0 Å². The molecule has 7 nitrogen and oxygen atoms in total. The highest BCUT2D eigenvalue weighted by Gasteiger charge is 2.63. The first-order valence-corrected chi connectivity index (χ1v) is 14.0. The third-order valence-electron chi connectivity index (χ3n) is 7.66. The van der Waals surface area contributed by atoms with E-state index in [1.807, 2.05) is 6.07 Å². The molecule has 2 atom stereocenters.